The third kappa shape index (κ3) is 2.19. The van der Waals surface area contributed by atoms with E-state index in [9.17, 15) is 4.79 Å². The van der Waals surface area contributed by atoms with Crippen molar-refractivity contribution in [2.24, 2.45) is 4.99 Å². The number of nitrogens with one attached hydrogen (secondary N) is 1. The Kier molecular flexibility index (Phi) is 3.17. The van der Waals surface area contributed by atoms with Gasteiger partial charge in [-0.2, -0.15) is 0 Å². The fourth-order valence-corrected chi connectivity index (χ4v) is 2.53. The van der Waals surface area contributed by atoms with E-state index >= 15 is 0 Å². The Bertz CT molecular complexity index is 661. The van der Waals surface area contributed by atoms with Gasteiger partial charge in [0.15, 0.2) is 0 Å². The lowest BCUT2D eigenvalue weighted by atomic mass is 10.0. The molecule has 0 aliphatic carbocycles. The molecule has 2 aliphatic heterocycles. The predicted octanol–water partition coefficient (Wildman–Crippen LogP) is 0.279. The molecular formula is C15H16N2O2. The minimum absolute atomic E-state index is 0.186. The van der Waals surface area contributed by atoms with Crippen LogP contribution in [0, 0.1) is 0 Å². The van der Waals surface area contributed by atoms with Gasteiger partial charge < -0.3 is 10.1 Å². The number of hydrogen-bond acceptors (Lipinski definition) is 4. The van der Waals surface area contributed by atoms with Crippen molar-refractivity contribution in [3.63, 3.8) is 0 Å². The van der Waals surface area contributed by atoms with Crippen molar-refractivity contribution >= 4 is 11.5 Å². The maximum absolute atomic E-state index is 11.9. The summed E-state index contributed by atoms with van der Waals surface area (Å²) in [7, 11) is 0. The highest BCUT2D eigenvalue weighted by molar-refractivity contribution is 5.80. The van der Waals surface area contributed by atoms with Gasteiger partial charge in [0.05, 0.1) is 17.7 Å². The Hall–Kier alpha value is -1.94. The zero-order valence-electron chi connectivity index (χ0n) is 10.8. The first-order valence-corrected chi connectivity index (χ1v) is 6.57. The molecular weight excluding hydrogens is 240 g/mol. The maximum atomic E-state index is 11.9. The molecule has 4 heteroatoms. The fraction of sp³-hybridized carbons (Fsp3) is 0.333. The summed E-state index contributed by atoms with van der Waals surface area (Å²) in [5, 5.41) is 5.32. The van der Waals surface area contributed by atoms with Gasteiger partial charge in [-0.15, -0.1) is 0 Å². The van der Waals surface area contributed by atoms with Crippen LogP contribution in [0.1, 0.15) is 13.3 Å². The van der Waals surface area contributed by atoms with Crippen LogP contribution in [0.15, 0.2) is 41.0 Å². The summed E-state index contributed by atoms with van der Waals surface area (Å²) in [6.07, 6.45) is 2.67. The molecule has 0 saturated carbocycles. The average Bonchev–Trinajstić information content (AvgIpc) is 2.63. The predicted molar refractivity (Wildman–Crippen MR) is 71.8 cm³/mol. The molecule has 1 N–H and O–H groups in total. The number of fused-ring (bicyclic) bond motifs is 2. The minimum atomic E-state index is -0.287. The van der Waals surface area contributed by atoms with E-state index in [1.807, 2.05) is 31.2 Å². The van der Waals surface area contributed by atoms with Gasteiger partial charge in [0, 0.05) is 18.2 Å². The second kappa shape index (κ2) is 4.97. The van der Waals surface area contributed by atoms with Crippen molar-refractivity contribution < 1.29 is 9.53 Å². The summed E-state index contributed by atoms with van der Waals surface area (Å²) in [6.45, 7) is 2.87. The number of esters is 1. The molecule has 4 nitrogen and oxygen atoms in total. The summed E-state index contributed by atoms with van der Waals surface area (Å²) < 4.78 is 5.10. The highest BCUT2D eigenvalue weighted by Crippen LogP contribution is 2.22. The van der Waals surface area contributed by atoms with Gasteiger partial charge in [-0.1, -0.05) is 18.2 Å². The minimum Gasteiger partial charge on any atom is -0.465 e. The molecule has 0 aromatic heterocycles. The number of carbonyl (C=O) groups is 1. The van der Waals surface area contributed by atoms with Crippen LogP contribution in [-0.2, 0) is 9.53 Å². The summed E-state index contributed by atoms with van der Waals surface area (Å²) in [6, 6.07) is 7.76. The van der Waals surface area contributed by atoms with Gasteiger partial charge in [0.2, 0.25) is 0 Å². The number of hydrogen-bond donors (Lipinski definition) is 1. The molecule has 0 saturated heterocycles. The van der Waals surface area contributed by atoms with E-state index in [0.29, 0.717) is 19.6 Å². The highest BCUT2D eigenvalue weighted by Gasteiger charge is 2.26. The average molecular weight is 256 g/mol. The molecule has 1 aromatic carbocycles. The van der Waals surface area contributed by atoms with Crippen molar-refractivity contribution in [1.29, 1.82) is 0 Å². The van der Waals surface area contributed by atoms with Gasteiger partial charge in [-0.25, -0.2) is 4.99 Å². The summed E-state index contributed by atoms with van der Waals surface area (Å²) in [5.74, 6) is -0.186. The molecule has 0 fully saturated rings. The molecule has 0 amide bonds. The number of nitrogens with zero attached hydrogens (tertiary/aromatic N) is 1. The van der Waals surface area contributed by atoms with E-state index in [4.69, 9.17) is 4.74 Å². The molecule has 3 rings (SSSR count). The van der Waals surface area contributed by atoms with Crippen LogP contribution in [-0.4, -0.2) is 25.2 Å². The Morgan fingerprint density at radius 2 is 2.32 bits per heavy atom. The van der Waals surface area contributed by atoms with Gasteiger partial charge >= 0.3 is 5.97 Å². The lowest BCUT2D eigenvalue weighted by Crippen LogP contribution is -2.38. The van der Waals surface area contributed by atoms with Crippen molar-refractivity contribution in [3.05, 3.63) is 46.6 Å². The van der Waals surface area contributed by atoms with Gasteiger partial charge in [-0.3, -0.25) is 4.79 Å². The molecule has 2 heterocycles. The monoisotopic (exact) mass is 256 g/mol. The van der Waals surface area contributed by atoms with Crippen molar-refractivity contribution in [2.45, 2.75) is 19.4 Å². The van der Waals surface area contributed by atoms with Crippen LogP contribution >= 0.6 is 0 Å². The Morgan fingerprint density at radius 3 is 3.16 bits per heavy atom. The van der Waals surface area contributed by atoms with E-state index < -0.39 is 0 Å². The molecule has 1 atom stereocenters. The Morgan fingerprint density at radius 1 is 1.47 bits per heavy atom. The van der Waals surface area contributed by atoms with Crippen LogP contribution in [0.2, 0.25) is 0 Å². The lowest BCUT2D eigenvalue weighted by molar-refractivity contribution is -0.145. The van der Waals surface area contributed by atoms with Gasteiger partial charge in [0.25, 0.3) is 0 Å². The van der Waals surface area contributed by atoms with Crippen LogP contribution in [0.25, 0.3) is 5.57 Å². The number of allylic oxidation sites excluding steroid dienone is 1. The first kappa shape index (κ1) is 12.1. The van der Waals surface area contributed by atoms with Gasteiger partial charge in [-0.05, 0) is 24.6 Å². The normalized spacial score (nSPS) is 20.8. The van der Waals surface area contributed by atoms with E-state index in [-0.39, 0.29) is 12.0 Å². The van der Waals surface area contributed by atoms with Crippen molar-refractivity contribution in [2.75, 3.05) is 13.2 Å². The lowest BCUT2D eigenvalue weighted by Gasteiger charge is -2.14. The SMILES string of the molecule is CCOC(=O)C1CC2=c3ccccc3=NC2=CCN1. The third-order valence-electron chi connectivity index (χ3n) is 3.42. The van der Waals surface area contributed by atoms with Crippen molar-refractivity contribution in [1.82, 2.24) is 5.32 Å². The van der Waals surface area contributed by atoms with Crippen LogP contribution in [0.4, 0.5) is 0 Å². The molecule has 1 unspecified atom stereocenters. The number of rotatable bonds is 2. The van der Waals surface area contributed by atoms with E-state index in [1.54, 1.807) is 0 Å². The van der Waals surface area contributed by atoms with Crippen molar-refractivity contribution in [3.8, 4) is 0 Å². The quantitative estimate of drug-likeness (QED) is 0.773. The maximum Gasteiger partial charge on any atom is 0.323 e. The standard InChI is InChI=1S/C15H16N2O2/c1-2-19-15(18)14-9-11-10-5-3-4-6-12(10)17-13(11)7-8-16-14/h3-7,14,16H,2,8-9H2,1H3. The van der Waals surface area contributed by atoms with Crippen LogP contribution in [0.3, 0.4) is 0 Å². The Labute approximate surface area is 111 Å². The highest BCUT2D eigenvalue weighted by atomic mass is 16.5. The molecule has 98 valence electrons. The second-order valence-corrected chi connectivity index (χ2v) is 4.61. The molecule has 1 aromatic rings. The third-order valence-corrected chi connectivity index (χ3v) is 3.42. The van der Waals surface area contributed by atoms with Crippen LogP contribution < -0.4 is 15.9 Å². The fourth-order valence-electron chi connectivity index (χ4n) is 2.53. The topological polar surface area (TPSA) is 50.7 Å². The Balaban J connectivity index is 2.00. The zero-order valence-corrected chi connectivity index (χ0v) is 10.8. The zero-order chi connectivity index (χ0) is 13.2. The molecule has 0 spiro atoms. The number of benzene rings is 1. The van der Waals surface area contributed by atoms with Gasteiger partial charge in [0.1, 0.15) is 6.04 Å². The van der Waals surface area contributed by atoms with E-state index in [2.05, 4.69) is 16.4 Å². The summed E-state index contributed by atoms with van der Waals surface area (Å²) >= 11 is 0. The number of para-hydroxylation sites is 1. The van der Waals surface area contributed by atoms with E-state index in [1.165, 1.54) is 0 Å². The first-order chi connectivity index (χ1) is 9.29. The summed E-state index contributed by atoms with van der Waals surface area (Å²) in [4.78, 5) is 16.5. The number of carbonyl (C=O) groups excluding carboxylic acids is 1. The largest absolute Gasteiger partial charge is 0.465 e. The van der Waals surface area contributed by atoms with E-state index in [0.717, 1.165) is 21.8 Å². The second-order valence-electron chi connectivity index (χ2n) is 4.61. The molecule has 2 aliphatic rings. The molecule has 0 bridgehead atoms. The smallest absolute Gasteiger partial charge is 0.323 e. The molecule has 19 heavy (non-hydrogen) atoms. The number of ether oxygens (including phenoxy) is 1. The summed E-state index contributed by atoms with van der Waals surface area (Å²) in [5.41, 5.74) is 2.12. The molecule has 0 radical (unpaired) electrons. The first-order valence-electron chi connectivity index (χ1n) is 6.57. The van der Waals surface area contributed by atoms with Crippen LogP contribution in [0.5, 0.6) is 0 Å².